The summed E-state index contributed by atoms with van der Waals surface area (Å²) in [6.45, 7) is 2.06. The highest BCUT2D eigenvalue weighted by Crippen LogP contribution is 2.31. The van der Waals surface area contributed by atoms with E-state index in [0.717, 1.165) is 33.5 Å². The molecular weight excluding hydrogens is 288 g/mol. The maximum Gasteiger partial charge on any atom is 0.220 e. The van der Waals surface area contributed by atoms with Gasteiger partial charge in [0.15, 0.2) is 5.76 Å². The van der Waals surface area contributed by atoms with E-state index in [1.54, 1.807) is 6.20 Å². The summed E-state index contributed by atoms with van der Waals surface area (Å²) < 4.78 is 5.55. The third-order valence-electron chi connectivity index (χ3n) is 3.76. The molecule has 0 aliphatic carbocycles. The quantitative estimate of drug-likeness (QED) is 0.608. The standard InChI is InChI=1S/C18H14N4O/c1-11-2-4-12(5-3-11)17-14-10-13(6-7-16(14)22-23-17)15-8-9-20-18(19)21-15/h2-10H,1H3,(H2,19,20,21). The lowest BCUT2D eigenvalue weighted by Crippen LogP contribution is -1.94. The molecule has 0 spiro atoms. The van der Waals surface area contributed by atoms with Crippen molar-refractivity contribution < 1.29 is 4.52 Å². The Bertz CT molecular complexity index is 990. The van der Waals surface area contributed by atoms with E-state index >= 15 is 0 Å². The van der Waals surface area contributed by atoms with Gasteiger partial charge < -0.3 is 10.3 Å². The van der Waals surface area contributed by atoms with E-state index < -0.39 is 0 Å². The predicted molar refractivity (Wildman–Crippen MR) is 89.6 cm³/mol. The molecule has 2 heterocycles. The second kappa shape index (κ2) is 5.21. The molecular formula is C18H14N4O. The van der Waals surface area contributed by atoms with E-state index in [0.29, 0.717) is 0 Å². The minimum atomic E-state index is 0.256. The van der Waals surface area contributed by atoms with Crippen molar-refractivity contribution in [2.45, 2.75) is 6.92 Å². The molecule has 0 bridgehead atoms. The number of nitrogens with two attached hydrogens (primary N) is 1. The molecule has 23 heavy (non-hydrogen) atoms. The van der Waals surface area contributed by atoms with Crippen molar-refractivity contribution in [1.82, 2.24) is 15.1 Å². The lowest BCUT2D eigenvalue weighted by molar-refractivity contribution is 0.441. The Balaban J connectivity index is 1.88. The molecule has 0 amide bonds. The monoisotopic (exact) mass is 302 g/mol. The van der Waals surface area contributed by atoms with Crippen molar-refractivity contribution in [3.05, 3.63) is 60.3 Å². The Morgan fingerprint density at radius 2 is 1.74 bits per heavy atom. The first-order valence-corrected chi connectivity index (χ1v) is 7.26. The number of hydrogen-bond donors (Lipinski definition) is 1. The number of aromatic nitrogens is 3. The number of fused-ring (bicyclic) bond motifs is 1. The van der Waals surface area contributed by atoms with Crippen LogP contribution in [0.15, 0.2) is 59.3 Å². The summed E-state index contributed by atoms with van der Waals surface area (Å²) >= 11 is 0. The third-order valence-corrected chi connectivity index (χ3v) is 3.76. The molecule has 0 saturated carbocycles. The molecule has 0 atom stereocenters. The van der Waals surface area contributed by atoms with Gasteiger partial charge in [0.2, 0.25) is 5.95 Å². The third kappa shape index (κ3) is 2.42. The highest BCUT2D eigenvalue weighted by molar-refractivity contribution is 5.94. The summed E-state index contributed by atoms with van der Waals surface area (Å²) in [6, 6.07) is 15.9. The highest BCUT2D eigenvalue weighted by Gasteiger charge is 2.12. The first kappa shape index (κ1) is 13.5. The van der Waals surface area contributed by atoms with Crippen molar-refractivity contribution in [3.8, 4) is 22.6 Å². The van der Waals surface area contributed by atoms with Crippen LogP contribution in [0.3, 0.4) is 0 Å². The van der Waals surface area contributed by atoms with Crippen LogP contribution < -0.4 is 5.73 Å². The largest absolute Gasteiger partial charge is 0.368 e. The first-order chi connectivity index (χ1) is 11.2. The van der Waals surface area contributed by atoms with E-state index in [2.05, 4.69) is 34.2 Å². The Labute approximate surface area is 132 Å². The van der Waals surface area contributed by atoms with E-state index in [9.17, 15) is 0 Å². The Morgan fingerprint density at radius 3 is 2.52 bits per heavy atom. The van der Waals surface area contributed by atoms with Gasteiger partial charge in [0, 0.05) is 17.3 Å². The predicted octanol–water partition coefficient (Wildman–Crippen LogP) is 3.84. The molecule has 2 aromatic carbocycles. The van der Waals surface area contributed by atoms with Gasteiger partial charge in [-0.15, -0.1) is 0 Å². The Kier molecular flexibility index (Phi) is 3.05. The Morgan fingerprint density at radius 1 is 0.957 bits per heavy atom. The molecule has 0 aliphatic rings. The van der Waals surface area contributed by atoms with Gasteiger partial charge in [-0.3, -0.25) is 0 Å². The molecule has 0 aliphatic heterocycles. The van der Waals surface area contributed by atoms with Crippen molar-refractivity contribution in [1.29, 1.82) is 0 Å². The summed E-state index contributed by atoms with van der Waals surface area (Å²) in [6.07, 6.45) is 1.65. The van der Waals surface area contributed by atoms with Crippen molar-refractivity contribution in [3.63, 3.8) is 0 Å². The number of nitrogens with zero attached hydrogens (tertiary/aromatic N) is 3. The fourth-order valence-corrected chi connectivity index (χ4v) is 2.55. The molecule has 2 N–H and O–H groups in total. The zero-order valence-electron chi connectivity index (χ0n) is 12.5. The van der Waals surface area contributed by atoms with E-state index in [1.807, 2.05) is 36.4 Å². The van der Waals surface area contributed by atoms with Crippen LogP contribution >= 0.6 is 0 Å². The van der Waals surface area contributed by atoms with Crippen molar-refractivity contribution in [2.75, 3.05) is 5.73 Å². The lowest BCUT2D eigenvalue weighted by Gasteiger charge is -2.02. The maximum absolute atomic E-state index is 5.67. The molecule has 5 heteroatoms. The fraction of sp³-hybridized carbons (Fsp3) is 0.0556. The number of rotatable bonds is 2. The maximum atomic E-state index is 5.67. The number of anilines is 1. The molecule has 4 aromatic rings. The van der Waals surface area contributed by atoms with Gasteiger partial charge in [0.1, 0.15) is 5.52 Å². The minimum Gasteiger partial charge on any atom is -0.368 e. The van der Waals surface area contributed by atoms with E-state index in [4.69, 9.17) is 10.3 Å². The molecule has 5 nitrogen and oxygen atoms in total. The number of aryl methyl sites for hydroxylation is 1. The number of nitrogen functional groups attached to an aromatic ring is 1. The SMILES string of the molecule is Cc1ccc(-c2onc3ccc(-c4ccnc(N)n4)cc23)cc1. The van der Waals surface area contributed by atoms with Crippen LogP contribution in [0.4, 0.5) is 5.95 Å². The molecule has 112 valence electrons. The average Bonchev–Trinajstić information content (AvgIpc) is 2.99. The second-order valence-corrected chi connectivity index (χ2v) is 5.41. The zero-order chi connectivity index (χ0) is 15.8. The molecule has 0 radical (unpaired) electrons. The van der Waals surface area contributed by atoms with Crippen molar-refractivity contribution in [2.24, 2.45) is 0 Å². The highest BCUT2D eigenvalue weighted by atomic mass is 16.5. The summed E-state index contributed by atoms with van der Waals surface area (Å²) in [5, 5.41) is 5.09. The van der Waals surface area contributed by atoms with Crippen LogP contribution in [0.5, 0.6) is 0 Å². The average molecular weight is 302 g/mol. The smallest absolute Gasteiger partial charge is 0.220 e. The first-order valence-electron chi connectivity index (χ1n) is 7.26. The summed E-state index contributed by atoms with van der Waals surface area (Å²) in [4.78, 5) is 8.19. The van der Waals surface area contributed by atoms with Gasteiger partial charge in [-0.05, 0) is 25.1 Å². The van der Waals surface area contributed by atoms with Crippen LogP contribution in [0.2, 0.25) is 0 Å². The molecule has 4 rings (SSSR count). The number of benzene rings is 2. The van der Waals surface area contributed by atoms with Gasteiger partial charge in [-0.25, -0.2) is 9.97 Å². The van der Waals surface area contributed by atoms with Gasteiger partial charge in [-0.2, -0.15) is 0 Å². The zero-order valence-corrected chi connectivity index (χ0v) is 12.5. The normalized spacial score (nSPS) is 11.0. The summed E-state index contributed by atoms with van der Waals surface area (Å²) in [5.41, 5.74) is 10.4. The van der Waals surface area contributed by atoms with Gasteiger partial charge in [-0.1, -0.05) is 41.1 Å². The van der Waals surface area contributed by atoms with Gasteiger partial charge in [0.05, 0.1) is 11.1 Å². The lowest BCUT2D eigenvalue weighted by atomic mass is 10.0. The van der Waals surface area contributed by atoms with Crippen molar-refractivity contribution >= 4 is 16.9 Å². The van der Waals surface area contributed by atoms with E-state index in [-0.39, 0.29) is 5.95 Å². The van der Waals surface area contributed by atoms with Crippen LogP contribution in [-0.4, -0.2) is 15.1 Å². The van der Waals surface area contributed by atoms with E-state index in [1.165, 1.54) is 5.56 Å². The second-order valence-electron chi connectivity index (χ2n) is 5.41. The van der Waals surface area contributed by atoms with Crippen LogP contribution in [0, 0.1) is 6.92 Å². The molecule has 2 aromatic heterocycles. The fourth-order valence-electron chi connectivity index (χ4n) is 2.55. The van der Waals surface area contributed by atoms with Gasteiger partial charge >= 0.3 is 0 Å². The Hall–Kier alpha value is -3.21. The van der Waals surface area contributed by atoms with Crippen LogP contribution in [0.1, 0.15) is 5.56 Å². The topological polar surface area (TPSA) is 77.8 Å². The summed E-state index contributed by atoms with van der Waals surface area (Å²) in [7, 11) is 0. The molecule has 0 fully saturated rings. The summed E-state index contributed by atoms with van der Waals surface area (Å²) in [5.74, 6) is 1.01. The molecule has 0 unspecified atom stereocenters. The van der Waals surface area contributed by atoms with Crippen LogP contribution in [-0.2, 0) is 0 Å². The van der Waals surface area contributed by atoms with Crippen LogP contribution in [0.25, 0.3) is 33.5 Å². The molecule has 0 saturated heterocycles. The number of hydrogen-bond acceptors (Lipinski definition) is 5. The van der Waals surface area contributed by atoms with Gasteiger partial charge in [0.25, 0.3) is 0 Å². The minimum absolute atomic E-state index is 0.256.